The lowest BCUT2D eigenvalue weighted by molar-refractivity contribution is 0.207. The maximum absolute atomic E-state index is 12.6. The fourth-order valence-electron chi connectivity index (χ4n) is 2.97. The summed E-state index contributed by atoms with van der Waals surface area (Å²) in [6, 6.07) is 9.51. The minimum atomic E-state index is -0.0784. The minimum absolute atomic E-state index is 0.0784. The van der Waals surface area contributed by atoms with Crippen LogP contribution in [0.3, 0.4) is 0 Å². The van der Waals surface area contributed by atoms with Crippen LogP contribution in [-0.2, 0) is 19.6 Å². The molecule has 24 heavy (non-hydrogen) atoms. The summed E-state index contributed by atoms with van der Waals surface area (Å²) >= 11 is 1.71. The van der Waals surface area contributed by atoms with Crippen LogP contribution in [0.25, 0.3) is 5.69 Å². The standard InChI is InChI=1S/C17H18N4O2S/c1-23-15-4-2-14(3-5-15)21-17(22)20-8-7-19(11-16(20)18-21)10-13-6-9-24-12-13/h2-6,9,12H,7-8,10-11H2,1H3. The Morgan fingerprint density at radius 3 is 2.75 bits per heavy atom. The zero-order valence-corrected chi connectivity index (χ0v) is 14.2. The summed E-state index contributed by atoms with van der Waals surface area (Å²) in [6.07, 6.45) is 0. The first-order valence-corrected chi connectivity index (χ1v) is 8.75. The number of fused-ring (bicyclic) bond motifs is 1. The van der Waals surface area contributed by atoms with Crippen LogP contribution in [0.15, 0.2) is 45.9 Å². The third-order valence-electron chi connectivity index (χ3n) is 4.25. The molecule has 1 aliphatic heterocycles. The summed E-state index contributed by atoms with van der Waals surface area (Å²) in [4.78, 5) is 14.9. The molecule has 0 saturated carbocycles. The molecule has 0 saturated heterocycles. The van der Waals surface area contributed by atoms with Gasteiger partial charge in [-0.2, -0.15) is 16.0 Å². The molecule has 124 valence electrons. The van der Waals surface area contributed by atoms with E-state index in [1.165, 1.54) is 10.2 Å². The van der Waals surface area contributed by atoms with Gasteiger partial charge < -0.3 is 4.74 Å². The van der Waals surface area contributed by atoms with E-state index < -0.39 is 0 Å². The normalized spacial score (nSPS) is 14.5. The molecule has 0 fully saturated rings. The van der Waals surface area contributed by atoms with Crippen LogP contribution in [0, 0.1) is 0 Å². The van der Waals surface area contributed by atoms with Crippen molar-refractivity contribution in [3.05, 3.63) is 63.0 Å². The van der Waals surface area contributed by atoms with Crippen molar-refractivity contribution in [1.29, 1.82) is 0 Å². The first kappa shape index (κ1) is 15.2. The maximum atomic E-state index is 12.6. The van der Waals surface area contributed by atoms with Crippen molar-refractivity contribution in [2.75, 3.05) is 13.7 Å². The molecule has 6 nitrogen and oxygen atoms in total. The van der Waals surface area contributed by atoms with Gasteiger partial charge in [-0.05, 0) is 46.7 Å². The Hall–Kier alpha value is -2.38. The second-order valence-electron chi connectivity index (χ2n) is 5.80. The largest absolute Gasteiger partial charge is 0.497 e. The predicted octanol–water partition coefficient (Wildman–Crippen LogP) is 2.12. The van der Waals surface area contributed by atoms with Gasteiger partial charge in [0.15, 0.2) is 0 Å². The number of aromatic nitrogens is 3. The first-order valence-electron chi connectivity index (χ1n) is 7.81. The quantitative estimate of drug-likeness (QED) is 0.729. The van der Waals surface area contributed by atoms with Gasteiger partial charge in [0.2, 0.25) is 0 Å². The number of rotatable bonds is 4. The van der Waals surface area contributed by atoms with Gasteiger partial charge in [0.05, 0.1) is 19.3 Å². The monoisotopic (exact) mass is 342 g/mol. The molecular formula is C17H18N4O2S. The molecule has 0 atom stereocenters. The van der Waals surface area contributed by atoms with E-state index in [4.69, 9.17) is 4.74 Å². The third kappa shape index (κ3) is 2.76. The zero-order valence-electron chi connectivity index (χ0n) is 13.4. The number of ether oxygens (including phenoxy) is 1. The van der Waals surface area contributed by atoms with Gasteiger partial charge in [-0.15, -0.1) is 5.10 Å². The van der Waals surface area contributed by atoms with Crippen molar-refractivity contribution < 1.29 is 4.74 Å². The smallest absolute Gasteiger partial charge is 0.350 e. The van der Waals surface area contributed by atoms with Crippen molar-refractivity contribution in [2.24, 2.45) is 0 Å². The predicted molar refractivity (Wildman–Crippen MR) is 92.8 cm³/mol. The molecule has 2 aromatic heterocycles. The number of benzene rings is 1. The van der Waals surface area contributed by atoms with Crippen molar-refractivity contribution in [1.82, 2.24) is 19.2 Å². The van der Waals surface area contributed by atoms with E-state index in [1.807, 2.05) is 24.3 Å². The van der Waals surface area contributed by atoms with Crippen molar-refractivity contribution in [2.45, 2.75) is 19.6 Å². The van der Waals surface area contributed by atoms with E-state index in [1.54, 1.807) is 23.0 Å². The van der Waals surface area contributed by atoms with Crippen LogP contribution >= 0.6 is 11.3 Å². The van der Waals surface area contributed by atoms with E-state index >= 15 is 0 Å². The molecule has 1 aromatic carbocycles. The van der Waals surface area contributed by atoms with Crippen molar-refractivity contribution in [3.8, 4) is 11.4 Å². The first-order chi connectivity index (χ1) is 11.7. The molecule has 3 aromatic rings. The summed E-state index contributed by atoms with van der Waals surface area (Å²) in [7, 11) is 1.62. The number of hydrogen-bond donors (Lipinski definition) is 0. The lowest BCUT2D eigenvalue weighted by Gasteiger charge is -2.25. The molecule has 1 aliphatic rings. The second-order valence-corrected chi connectivity index (χ2v) is 6.58. The van der Waals surface area contributed by atoms with Gasteiger partial charge in [0.1, 0.15) is 11.6 Å². The molecular weight excluding hydrogens is 324 g/mol. The van der Waals surface area contributed by atoms with E-state index in [0.717, 1.165) is 30.4 Å². The van der Waals surface area contributed by atoms with Crippen LogP contribution in [0.2, 0.25) is 0 Å². The molecule has 0 spiro atoms. The molecule has 3 heterocycles. The lowest BCUT2D eigenvalue weighted by atomic mass is 10.3. The van der Waals surface area contributed by atoms with Gasteiger partial charge in [0, 0.05) is 19.6 Å². The Labute approximate surface area is 143 Å². The summed E-state index contributed by atoms with van der Waals surface area (Å²) in [6.45, 7) is 3.12. The van der Waals surface area contributed by atoms with Crippen LogP contribution in [0.5, 0.6) is 5.75 Å². The number of thiophene rings is 1. The SMILES string of the molecule is COc1ccc(-n2nc3n(c2=O)CCN(Cc2ccsc2)C3)cc1. The van der Waals surface area contributed by atoms with E-state index in [0.29, 0.717) is 13.1 Å². The summed E-state index contributed by atoms with van der Waals surface area (Å²) < 4.78 is 8.41. The fourth-order valence-corrected chi connectivity index (χ4v) is 3.63. The third-order valence-corrected chi connectivity index (χ3v) is 4.98. The van der Waals surface area contributed by atoms with Gasteiger partial charge in [0.25, 0.3) is 0 Å². The molecule has 0 radical (unpaired) electrons. The fraction of sp³-hybridized carbons (Fsp3) is 0.294. The maximum Gasteiger partial charge on any atom is 0.350 e. The molecule has 0 N–H and O–H groups in total. The van der Waals surface area contributed by atoms with Crippen molar-refractivity contribution >= 4 is 11.3 Å². The van der Waals surface area contributed by atoms with Crippen molar-refractivity contribution in [3.63, 3.8) is 0 Å². The number of hydrogen-bond acceptors (Lipinski definition) is 5. The molecule has 0 bridgehead atoms. The molecule has 0 aliphatic carbocycles. The van der Waals surface area contributed by atoms with Gasteiger partial charge in [-0.1, -0.05) is 0 Å². The number of methoxy groups -OCH3 is 1. The highest BCUT2D eigenvalue weighted by Crippen LogP contribution is 2.17. The average molecular weight is 342 g/mol. The van der Waals surface area contributed by atoms with Crippen LogP contribution in [-0.4, -0.2) is 32.9 Å². The summed E-state index contributed by atoms with van der Waals surface area (Å²) in [5.41, 5.74) is 1.99. The van der Waals surface area contributed by atoms with E-state index in [2.05, 4.69) is 26.8 Å². The minimum Gasteiger partial charge on any atom is -0.497 e. The Balaban J connectivity index is 1.59. The van der Waals surface area contributed by atoms with Crippen LogP contribution in [0.1, 0.15) is 11.4 Å². The topological polar surface area (TPSA) is 52.3 Å². The Morgan fingerprint density at radius 2 is 2.04 bits per heavy atom. The number of nitrogens with zero attached hydrogens (tertiary/aromatic N) is 4. The average Bonchev–Trinajstić information content (AvgIpc) is 3.23. The second kappa shape index (κ2) is 6.26. The van der Waals surface area contributed by atoms with Gasteiger partial charge in [-0.3, -0.25) is 9.47 Å². The van der Waals surface area contributed by atoms with E-state index in [-0.39, 0.29) is 5.69 Å². The molecule has 4 rings (SSSR count). The van der Waals surface area contributed by atoms with Crippen LogP contribution in [0.4, 0.5) is 0 Å². The Morgan fingerprint density at radius 1 is 1.21 bits per heavy atom. The highest BCUT2D eigenvalue weighted by atomic mass is 32.1. The Kier molecular flexibility index (Phi) is 3.95. The van der Waals surface area contributed by atoms with Gasteiger partial charge >= 0.3 is 5.69 Å². The summed E-state index contributed by atoms with van der Waals surface area (Å²) in [5, 5.41) is 8.80. The molecule has 0 amide bonds. The Bertz CT molecular complexity index is 880. The van der Waals surface area contributed by atoms with Crippen LogP contribution < -0.4 is 10.4 Å². The molecule has 7 heteroatoms. The van der Waals surface area contributed by atoms with Gasteiger partial charge in [-0.25, -0.2) is 4.79 Å². The zero-order chi connectivity index (χ0) is 16.5. The highest BCUT2D eigenvalue weighted by molar-refractivity contribution is 7.07. The molecule has 0 unspecified atom stereocenters. The lowest BCUT2D eigenvalue weighted by Crippen LogP contribution is -2.37. The van der Waals surface area contributed by atoms with E-state index in [9.17, 15) is 4.79 Å². The highest BCUT2D eigenvalue weighted by Gasteiger charge is 2.22. The summed E-state index contributed by atoms with van der Waals surface area (Å²) in [5.74, 6) is 1.58.